The Bertz CT molecular complexity index is 493. The Balaban J connectivity index is 2.30. The number of pyridine rings is 1. The van der Waals surface area contributed by atoms with Crippen molar-refractivity contribution in [1.82, 2.24) is 14.9 Å². The molecule has 0 spiro atoms. The highest BCUT2D eigenvalue weighted by atomic mass is 32.1. The van der Waals surface area contributed by atoms with Gasteiger partial charge in [-0.3, -0.25) is 9.78 Å². The molecule has 0 aromatic carbocycles. The van der Waals surface area contributed by atoms with Crippen molar-refractivity contribution in [3.63, 3.8) is 0 Å². The van der Waals surface area contributed by atoms with Gasteiger partial charge in [-0.05, 0) is 12.1 Å². The van der Waals surface area contributed by atoms with E-state index in [2.05, 4.69) is 9.97 Å². The van der Waals surface area contributed by atoms with Crippen molar-refractivity contribution < 1.29 is 4.79 Å². The summed E-state index contributed by atoms with van der Waals surface area (Å²) in [6, 6.07) is 3.76. The molecular formula is C11H11N3OS. The maximum Gasteiger partial charge on any atom is 0.265 e. The first-order valence-corrected chi connectivity index (χ1v) is 5.58. The maximum atomic E-state index is 11.7. The first-order valence-electron chi connectivity index (χ1n) is 4.76. The summed E-state index contributed by atoms with van der Waals surface area (Å²) < 4.78 is 0. The fraction of sp³-hybridized carbons (Fsp3) is 0.182. The highest BCUT2D eigenvalue weighted by Crippen LogP contribution is 2.24. The quantitative estimate of drug-likeness (QED) is 0.796. The molecular weight excluding hydrogens is 222 g/mol. The van der Waals surface area contributed by atoms with Gasteiger partial charge in [0.2, 0.25) is 0 Å². The lowest BCUT2D eigenvalue weighted by molar-refractivity contribution is 0.0832. The SMILES string of the molecule is CN(C)C(=O)c1cnc(-c2ccncc2)s1. The molecule has 0 bridgehead atoms. The largest absolute Gasteiger partial charge is 0.344 e. The monoisotopic (exact) mass is 233 g/mol. The van der Waals surface area contributed by atoms with Crippen LogP contribution in [-0.2, 0) is 0 Å². The number of amides is 1. The zero-order chi connectivity index (χ0) is 11.5. The summed E-state index contributed by atoms with van der Waals surface area (Å²) in [7, 11) is 3.46. The van der Waals surface area contributed by atoms with Gasteiger partial charge in [-0.25, -0.2) is 4.98 Å². The van der Waals surface area contributed by atoms with Gasteiger partial charge in [-0.1, -0.05) is 0 Å². The lowest BCUT2D eigenvalue weighted by Gasteiger charge is -2.06. The van der Waals surface area contributed by atoms with Crippen LogP contribution in [0.4, 0.5) is 0 Å². The number of carbonyl (C=O) groups is 1. The highest BCUT2D eigenvalue weighted by Gasteiger charge is 2.12. The molecule has 2 aromatic heterocycles. The van der Waals surface area contributed by atoms with Crippen LogP contribution in [0.25, 0.3) is 10.6 Å². The Kier molecular flexibility index (Phi) is 2.96. The number of thiazole rings is 1. The smallest absolute Gasteiger partial charge is 0.265 e. The molecule has 82 valence electrons. The molecule has 0 radical (unpaired) electrons. The topological polar surface area (TPSA) is 46.1 Å². The third-order valence-electron chi connectivity index (χ3n) is 2.05. The fourth-order valence-corrected chi connectivity index (χ4v) is 2.16. The minimum Gasteiger partial charge on any atom is -0.344 e. The third kappa shape index (κ3) is 2.09. The average Bonchev–Trinajstić information content (AvgIpc) is 2.78. The van der Waals surface area contributed by atoms with Crippen molar-refractivity contribution in [2.24, 2.45) is 0 Å². The molecule has 0 aliphatic rings. The molecule has 4 nitrogen and oxygen atoms in total. The zero-order valence-corrected chi connectivity index (χ0v) is 9.86. The minimum atomic E-state index is -0.0159. The second-order valence-electron chi connectivity index (χ2n) is 3.47. The Morgan fingerprint density at radius 1 is 1.31 bits per heavy atom. The van der Waals surface area contributed by atoms with Crippen molar-refractivity contribution in [3.8, 4) is 10.6 Å². The van der Waals surface area contributed by atoms with Crippen molar-refractivity contribution in [2.45, 2.75) is 0 Å². The fourth-order valence-electron chi connectivity index (χ4n) is 1.22. The Morgan fingerprint density at radius 3 is 2.62 bits per heavy atom. The van der Waals surface area contributed by atoms with Crippen LogP contribution in [0.2, 0.25) is 0 Å². The summed E-state index contributed by atoms with van der Waals surface area (Å²) in [6.45, 7) is 0. The predicted molar refractivity (Wildman–Crippen MR) is 63.4 cm³/mol. The molecule has 0 atom stereocenters. The number of hydrogen-bond donors (Lipinski definition) is 0. The molecule has 2 heterocycles. The molecule has 0 saturated heterocycles. The summed E-state index contributed by atoms with van der Waals surface area (Å²) in [6.07, 6.45) is 5.04. The normalized spacial score (nSPS) is 10.1. The summed E-state index contributed by atoms with van der Waals surface area (Å²) in [5.41, 5.74) is 0.984. The predicted octanol–water partition coefficient (Wildman–Crippen LogP) is 1.91. The van der Waals surface area contributed by atoms with E-state index < -0.39 is 0 Å². The van der Waals surface area contributed by atoms with Gasteiger partial charge in [-0.15, -0.1) is 11.3 Å². The molecule has 0 aliphatic heterocycles. The summed E-state index contributed by atoms with van der Waals surface area (Å²) >= 11 is 1.39. The van der Waals surface area contributed by atoms with Crippen LogP contribution < -0.4 is 0 Å². The molecule has 2 rings (SSSR count). The van der Waals surface area contributed by atoms with E-state index in [1.807, 2.05) is 12.1 Å². The van der Waals surface area contributed by atoms with E-state index >= 15 is 0 Å². The third-order valence-corrected chi connectivity index (χ3v) is 3.08. The van der Waals surface area contributed by atoms with Gasteiger partial charge in [0.15, 0.2) is 0 Å². The number of aromatic nitrogens is 2. The Morgan fingerprint density at radius 2 is 2.00 bits per heavy atom. The van der Waals surface area contributed by atoms with Gasteiger partial charge in [-0.2, -0.15) is 0 Å². The van der Waals surface area contributed by atoms with Gasteiger partial charge in [0.25, 0.3) is 5.91 Å². The number of hydrogen-bond acceptors (Lipinski definition) is 4. The van der Waals surface area contributed by atoms with Crippen LogP contribution >= 0.6 is 11.3 Å². The van der Waals surface area contributed by atoms with Gasteiger partial charge < -0.3 is 4.90 Å². The molecule has 5 heteroatoms. The van der Waals surface area contributed by atoms with Crippen molar-refractivity contribution >= 4 is 17.2 Å². The molecule has 2 aromatic rings. The van der Waals surface area contributed by atoms with Crippen LogP contribution in [0.15, 0.2) is 30.7 Å². The lowest BCUT2D eigenvalue weighted by atomic mass is 10.3. The van der Waals surface area contributed by atoms with Crippen molar-refractivity contribution in [2.75, 3.05) is 14.1 Å². The first kappa shape index (κ1) is 10.8. The molecule has 16 heavy (non-hydrogen) atoms. The highest BCUT2D eigenvalue weighted by molar-refractivity contribution is 7.16. The lowest BCUT2D eigenvalue weighted by Crippen LogP contribution is -2.20. The van der Waals surface area contributed by atoms with Crippen LogP contribution in [0.3, 0.4) is 0 Å². The van der Waals surface area contributed by atoms with E-state index in [-0.39, 0.29) is 5.91 Å². The molecule has 0 saturated carbocycles. The average molecular weight is 233 g/mol. The first-order chi connectivity index (χ1) is 7.68. The van der Waals surface area contributed by atoms with E-state index in [9.17, 15) is 4.79 Å². The maximum absolute atomic E-state index is 11.7. The summed E-state index contributed by atoms with van der Waals surface area (Å²) in [5, 5.41) is 0.840. The molecule has 1 amide bonds. The van der Waals surface area contributed by atoms with E-state index in [1.54, 1.807) is 37.6 Å². The molecule has 0 N–H and O–H groups in total. The number of nitrogens with zero attached hydrogens (tertiary/aromatic N) is 3. The van der Waals surface area contributed by atoms with Crippen LogP contribution in [0.1, 0.15) is 9.67 Å². The van der Waals surface area contributed by atoms with E-state index in [1.165, 1.54) is 11.3 Å². The standard InChI is InChI=1S/C11H11N3OS/c1-14(2)11(15)9-7-13-10(16-9)8-3-5-12-6-4-8/h3-7H,1-2H3. The van der Waals surface area contributed by atoms with Gasteiger partial charge in [0.05, 0.1) is 6.20 Å². The van der Waals surface area contributed by atoms with Crippen LogP contribution in [-0.4, -0.2) is 34.9 Å². The van der Waals surface area contributed by atoms with Crippen LogP contribution in [0, 0.1) is 0 Å². The minimum absolute atomic E-state index is 0.0159. The van der Waals surface area contributed by atoms with Gasteiger partial charge in [0, 0.05) is 32.1 Å². The molecule has 0 fully saturated rings. The molecule has 0 unspecified atom stereocenters. The number of carbonyl (C=O) groups excluding carboxylic acids is 1. The van der Waals surface area contributed by atoms with E-state index in [0.29, 0.717) is 4.88 Å². The van der Waals surface area contributed by atoms with Gasteiger partial charge >= 0.3 is 0 Å². The van der Waals surface area contributed by atoms with Crippen LogP contribution in [0.5, 0.6) is 0 Å². The second kappa shape index (κ2) is 4.40. The summed E-state index contributed by atoms with van der Waals surface area (Å²) in [5.74, 6) is -0.0159. The van der Waals surface area contributed by atoms with Crippen molar-refractivity contribution in [1.29, 1.82) is 0 Å². The summed E-state index contributed by atoms with van der Waals surface area (Å²) in [4.78, 5) is 22.0. The van der Waals surface area contributed by atoms with Crippen molar-refractivity contribution in [3.05, 3.63) is 35.6 Å². The van der Waals surface area contributed by atoms with E-state index in [4.69, 9.17) is 0 Å². The second-order valence-corrected chi connectivity index (χ2v) is 4.50. The zero-order valence-electron chi connectivity index (χ0n) is 9.04. The Labute approximate surface area is 97.6 Å². The van der Waals surface area contributed by atoms with Gasteiger partial charge in [0.1, 0.15) is 9.88 Å². The Hall–Kier alpha value is -1.75. The molecule has 0 aliphatic carbocycles. The number of rotatable bonds is 2. The van der Waals surface area contributed by atoms with E-state index in [0.717, 1.165) is 10.6 Å².